The standard InChI is InChI=1S/C11H12N2O2/c14-11(13-7-6-12-9-13)15-8-10-4-2-1-3-5-10/h1-5,9H,6-8H2. The fourth-order valence-electron chi connectivity index (χ4n) is 1.32. The molecule has 0 N–H and O–H groups in total. The van der Waals surface area contributed by atoms with Crippen molar-refractivity contribution in [3.8, 4) is 0 Å². The third kappa shape index (κ3) is 2.56. The average Bonchev–Trinajstić information content (AvgIpc) is 2.81. The highest BCUT2D eigenvalue weighted by molar-refractivity contribution is 5.83. The summed E-state index contributed by atoms with van der Waals surface area (Å²) in [6, 6.07) is 9.61. The number of carbonyl (C=O) groups excluding carboxylic acids is 1. The molecule has 4 heteroatoms. The molecule has 1 heterocycles. The zero-order valence-corrected chi connectivity index (χ0v) is 8.30. The quantitative estimate of drug-likeness (QED) is 0.735. The van der Waals surface area contributed by atoms with Crippen molar-refractivity contribution in [1.29, 1.82) is 0 Å². The van der Waals surface area contributed by atoms with Crippen LogP contribution in [0.3, 0.4) is 0 Å². The van der Waals surface area contributed by atoms with Crippen LogP contribution in [0.2, 0.25) is 0 Å². The van der Waals surface area contributed by atoms with Crippen LogP contribution in [0.15, 0.2) is 35.3 Å². The topological polar surface area (TPSA) is 41.9 Å². The van der Waals surface area contributed by atoms with Crippen molar-refractivity contribution in [2.75, 3.05) is 13.1 Å². The fraction of sp³-hybridized carbons (Fsp3) is 0.273. The molecule has 0 spiro atoms. The molecule has 1 amide bonds. The van der Waals surface area contributed by atoms with E-state index in [1.54, 1.807) is 0 Å². The minimum atomic E-state index is -0.333. The molecule has 1 aliphatic heterocycles. The van der Waals surface area contributed by atoms with Gasteiger partial charge in [0.05, 0.1) is 12.9 Å². The summed E-state index contributed by atoms with van der Waals surface area (Å²) >= 11 is 0. The summed E-state index contributed by atoms with van der Waals surface area (Å²) in [6.45, 7) is 1.60. The van der Waals surface area contributed by atoms with E-state index in [4.69, 9.17) is 4.74 Å². The van der Waals surface area contributed by atoms with Crippen molar-refractivity contribution in [2.24, 2.45) is 4.99 Å². The van der Waals surface area contributed by atoms with Crippen LogP contribution in [-0.2, 0) is 11.3 Å². The highest BCUT2D eigenvalue weighted by Gasteiger charge is 2.15. The van der Waals surface area contributed by atoms with Crippen LogP contribution in [0, 0.1) is 0 Å². The number of nitrogens with zero attached hydrogens (tertiary/aromatic N) is 2. The molecule has 0 saturated carbocycles. The maximum Gasteiger partial charge on any atom is 0.415 e. The maximum absolute atomic E-state index is 11.4. The Morgan fingerprint density at radius 1 is 1.40 bits per heavy atom. The van der Waals surface area contributed by atoms with Gasteiger partial charge in [0.25, 0.3) is 0 Å². The number of amides is 1. The molecule has 0 fully saturated rings. The molecule has 1 aromatic rings. The van der Waals surface area contributed by atoms with E-state index in [1.165, 1.54) is 11.2 Å². The summed E-state index contributed by atoms with van der Waals surface area (Å²) in [4.78, 5) is 16.8. The normalized spacial score (nSPS) is 14.3. The third-order valence-electron chi connectivity index (χ3n) is 2.13. The number of hydrogen-bond donors (Lipinski definition) is 0. The molecule has 1 aliphatic rings. The van der Waals surface area contributed by atoms with Gasteiger partial charge in [0.15, 0.2) is 0 Å². The second-order valence-electron chi connectivity index (χ2n) is 3.26. The van der Waals surface area contributed by atoms with Gasteiger partial charge in [0, 0.05) is 6.54 Å². The number of rotatable bonds is 2. The van der Waals surface area contributed by atoms with Crippen LogP contribution in [0.5, 0.6) is 0 Å². The van der Waals surface area contributed by atoms with Crippen molar-refractivity contribution in [3.05, 3.63) is 35.9 Å². The lowest BCUT2D eigenvalue weighted by Crippen LogP contribution is -2.28. The van der Waals surface area contributed by atoms with Crippen LogP contribution >= 0.6 is 0 Å². The molecule has 4 nitrogen and oxygen atoms in total. The average molecular weight is 204 g/mol. The highest BCUT2D eigenvalue weighted by atomic mass is 16.6. The molecule has 78 valence electrons. The third-order valence-corrected chi connectivity index (χ3v) is 2.13. The lowest BCUT2D eigenvalue weighted by atomic mass is 10.2. The highest BCUT2D eigenvalue weighted by Crippen LogP contribution is 2.03. The Hall–Kier alpha value is -1.84. The van der Waals surface area contributed by atoms with E-state index in [1.807, 2.05) is 30.3 Å². The van der Waals surface area contributed by atoms with Crippen LogP contribution < -0.4 is 0 Å². The zero-order valence-electron chi connectivity index (χ0n) is 8.30. The minimum absolute atomic E-state index is 0.310. The van der Waals surface area contributed by atoms with Gasteiger partial charge in [-0.25, -0.2) is 4.79 Å². The van der Waals surface area contributed by atoms with Crippen LogP contribution in [0.25, 0.3) is 0 Å². The largest absolute Gasteiger partial charge is 0.444 e. The Bertz CT molecular complexity index is 362. The number of benzene rings is 1. The molecular weight excluding hydrogens is 192 g/mol. The van der Waals surface area contributed by atoms with Gasteiger partial charge in [-0.1, -0.05) is 30.3 Å². The van der Waals surface area contributed by atoms with Gasteiger partial charge in [-0.15, -0.1) is 0 Å². The van der Waals surface area contributed by atoms with Gasteiger partial charge >= 0.3 is 6.09 Å². The SMILES string of the molecule is O=C(OCc1ccccc1)N1C=NCC1. The van der Waals surface area contributed by atoms with Gasteiger partial charge in [-0.2, -0.15) is 0 Å². The Morgan fingerprint density at radius 3 is 2.87 bits per heavy atom. The Morgan fingerprint density at radius 2 is 2.20 bits per heavy atom. The summed E-state index contributed by atoms with van der Waals surface area (Å²) < 4.78 is 5.11. The predicted octanol–water partition coefficient (Wildman–Crippen LogP) is 1.67. The van der Waals surface area contributed by atoms with Gasteiger partial charge in [0.1, 0.15) is 6.61 Å². The molecule has 0 atom stereocenters. The first-order valence-corrected chi connectivity index (χ1v) is 4.83. The van der Waals surface area contributed by atoms with E-state index in [0.717, 1.165) is 5.56 Å². The lowest BCUT2D eigenvalue weighted by Gasteiger charge is -2.11. The summed E-state index contributed by atoms with van der Waals surface area (Å²) in [5.74, 6) is 0. The van der Waals surface area contributed by atoms with Crippen molar-refractivity contribution < 1.29 is 9.53 Å². The van der Waals surface area contributed by atoms with E-state index in [2.05, 4.69) is 4.99 Å². The smallest absolute Gasteiger partial charge is 0.415 e. The summed E-state index contributed by atoms with van der Waals surface area (Å²) in [6.07, 6.45) is 1.19. The molecule has 0 bridgehead atoms. The van der Waals surface area contributed by atoms with Gasteiger partial charge in [0.2, 0.25) is 0 Å². The Labute approximate surface area is 88.2 Å². The van der Waals surface area contributed by atoms with E-state index in [-0.39, 0.29) is 6.09 Å². The monoisotopic (exact) mass is 204 g/mol. The Kier molecular flexibility index (Phi) is 2.97. The molecule has 15 heavy (non-hydrogen) atoms. The number of hydrogen-bond acceptors (Lipinski definition) is 3. The number of carbonyl (C=O) groups is 1. The first kappa shape index (κ1) is 9.71. The molecule has 0 aliphatic carbocycles. The summed E-state index contributed by atoms with van der Waals surface area (Å²) in [5.41, 5.74) is 0.988. The molecule has 0 saturated heterocycles. The van der Waals surface area contributed by atoms with Gasteiger partial charge < -0.3 is 4.74 Å². The Balaban J connectivity index is 1.83. The van der Waals surface area contributed by atoms with Crippen molar-refractivity contribution in [1.82, 2.24) is 4.90 Å². The second kappa shape index (κ2) is 4.59. The molecule has 2 rings (SSSR count). The van der Waals surface area contributed by atoms with E-state index < -0.39 is 0 Å². The van der Waals surface area contributed by atoms with Gasteiger partial charge in [-0.3, -0.25) is 9.89 Å². The first-order chi connectivity index (χ1) is 7.36. The molecule has 0 radical (unpaired) electrons. The van der Waals surface area contributed by atoms with Crippen molar-refractivity contribution in [3.63, 3.8) is 0 Å². The van der Waals surface area contributed by atoms with E-state index >= 15 is 0 Å². The molecule has 0 aromatic heterocycles. The van der Waals surface area contributed by atoms with E-state index in [9.17, 15) is 4.79 Å². The van der Waals surface area contributed by atoms with Crippen molar-refractivity contribution >= 4 is 12.4 Å². The molecule has 0 unspecified atom stereocenters. The minimum Gasteiger partial charge on any atom is -0.444 e. The maximum atomic E-state index is 11.4. The first-order valence-electron chi connectivity index (χ1n) is 4.83. The van der Waals surface area contributed by atoms with Crippen LogP contribution in [0.1, 0.15) is 5.56 Å². The second-order valence-corrected chi connectivity index (χ2v) is 3.26. The van der Waals surface area contributed by atoms with Crippen LogP contribution in [0.4, 0.5) is 4.79 Å². The summed E-state index contributed by atoms with van der Waals surface area (Å²) in [7, 11) is 0. The van der Waals surface area contributed by atoms with E-state index in [0.29, 0.717) is 19.7 Å². The lowest BCUT2D eigenvalue weighted by molar-refractivity contribution is 0.119. The number of aliphatic imine (C=N–C) groups is 1. The molecular formula is C11H12N2O2. The summed E-state index contributed by atoms with van der Waals surface area (Å²) in [5, 5.41) is 0. The zero-order chi connectivity index (χ0) is 10.5. The number of ether oxygens (including phenoxy) is 1. The van der Waals surface area contributed by atoms with Crippen LogP contribution in [-0.4, -0.2) is 30.4 Å². The molecule has 1 aromatic carbocycles. The fourth-order valence-corrected chi connectivity index (χ4v) is 1.32. The predicted molar refractivity (Wildman–Crippen MR) is 56.7 cm³/mol. The van der Waals surface area contributed by atoms with Crippen molar-refractivity contribution in [2.45, 2.75) is 6.61 Å². The van der Waals surface area contributed by atoms with Gasteiger partial charge in [-0.05, 0) is 5.56 Å².